The molecule has 5 aromatic carbocycles. The Hall–Kier alpha value is -4.92. The van der Waals surface area contributed by atoms with Crippen LogP contribution in [0.4, 0.5) is 0 Å². The molecule has 0 N–H and O–H groups in total. The molecule has 5 heterocycles. The fourth-order valence-corrected chi connectivity index (χ4v) is 13.3. The van der Waals surface area contributed by atoms with Gasteiger partial charge in [-0.3, -0.25) is 4.98 Å². The van der Waals surface area contributed by atoms with Gasteiger partial charge in [0.2, 0.25) is 0 Å². The van der Waals surface area contributed by atoms with E-state index in [9.17, 15) is 0 Å². The number of hydrogen-bond donors (Lipinski definition) is 0. The van der Waals surface area contributed by atoms with Gasteiger partial charge in [0.05, 0.1) is 16.9 Å². The molecule has 5 aromatic heterocycles. The summed E-state index contributed by atoms with van der Waals surface area (Å²) in [5, 5.41) is 4.66. The Bertz CT molecular complexity index is 3280. The Morgan fingerprint density at radius 3 is 2.31 bits per heavy atom. The topological polar surface area (TPSA) is 56.7 Å². The predicted octanol–water partition coefficient (Wildman–Crippen LogP) is 14.5. The first-order valence-corrected chi connectivity index (χ1v) is 29.5. The van der Waals surface area contributed by atoms with Crippen molar-refractivity contribution in [2.75, 3.05) is 0 Å². The summed E-state index contributed by atoms with van der Waals surface area (Å²) in [6.45, 7) is 15.5. The van der Waals surface area contributed by atoms with E-state index in [0.29, 0.717) is 11.8 Å². The second-order valence-corrected chi connectivity index (χ2v) is 29.7. The molecule has 315 valence electrons. The van der Waals surface area contributed by atoms with Crippen molar-refractivity contribution in [3.8, 4) is 28.3 Å². The largest absolute Gasteiger partial charge is 0 e. The van der Waals surface area contributed by atoms with Crippen LogP contribution in [0.15, 0.2) is 114 Å². The van der Waals surface area contributed by atoms with E-state index in [-0.39, 0.29) is 20.1 Å². The van der Waals surface area contributed by atoms with Crippen LogP contribution in [0.5, 0.6) is 0 Å². The van der Waals surface area contributed by atoms with Gasteiger partial charge in [0.15, 0.2) is 0 Å². The first kappa shape index (κ1) is 43.7. The van der Waals surface area contributed by atoms with Crippen LogP contribution in [0.2, 0.25) is 17.3 Å². The number of fused-ring (bicyclic) bond motifs is 7. The second-order valence-electron chi connectivity index (χ2n) is 18.2. The molecule has 0 aliphatic heterocycles. The first-order valence-electron chi connectivity index (χ1n) is 21.4. The average molecular weight is 1070 g/mol. The molecule has 0 atom stereocenters. The van der Waals surface area contributed by atoms with Crippen LogP contribution >= 0.6 is 11.3 Å². The molecule has 1 radical (unpaired) electrons. The van der Waals surface area contributed by atoms with Gasteiger partial charge in [0, 0.05) is 48.3 Å². The fourth-order valence-electron chi connectivity index (χ4n) is 8.82. The van der Waals surface area contributed by atoms with Crippen molar-refractivity contribution in [3.05, 3.63) is 149 Å². The summed E-state index contributed by atoms with van der Waals surface area (Å²) in [6.07, 6.45) is 5.14. The van der Waals surface area contributed by atoms with Gasteiger partial charge in [-0.05, 0) is 71.3 Å². The molecule has 62 heavy (non-hydrogen) atoms. The SMILES string of the molecule is Cc1cc2c(oc3cc(C(C)C)ccc32)c(C)c1-n1c(-c2[c-]ccc3c2sc2ncccc23)nc2ccccc21.Cc1ccc[c-]c1-c1cc(CC(C)C)[c]([Ge]([CH3])([CH3])[CH3])cn1.[Ir]. The van der Waals surface area contributed by atoms with E-state index < -0.39 is 13.3 Å². The maximum absolute atomic E-state index is 6.59. The smallest absolute Gasteiger partial charge is 0 e. The third-order valence-electron chi connectivity index (χ3n) is 11.8. The van der Waals surface area contributed by atoms with Crippen molar-refractivity contribution in [2.24, 2.45) is 5.92 Å². The minimum absolute atomic E-state index is 0. The van der Waals surface area contributed by atoms with Crippen molar-refractivity contribution in [3.63, 3.8) is 0 Å². The summed E-state index contributed by atoms with van der Waals surface area (Å²) in [7, 11) is 0. The number of aromatic nitrogens is 4. The zero-order chi connectivity index (χ0) is 42.7. The molecule has 0 saturated carbocycles. The van der Waals surface area contributed by atoms with Crippen molar-refractivity contribution in [1.29, 1.82) is 0 Å². The average Bonchev–Trinajstić information content (AvgIpc) is 3.92. The van der Waals surface area contributed by atoms with Crippen LogP contribution in [0.1, 0.15) is 61.4 Å². The molecule has 0 fully saturated rings. The summed E-state index contributed by atoms with van der Waals surface area (Å²) < 4.78 is 11.6. The Morgan fingerprint density at radius 2 is 1.55 bits per heavy atom. The number of pyridine rings is 2. The predicted molar refractivity (Wildman–Crippen MR) is 262 cm³/mol. The van der Waals surface area contributed by atoms with Gasteiger partial charge in [-0.2, -0.15) is 11.3 Å². The van der Waals surface area contributed by atoms with Crippen LogP contribution in [0, 0.1) is 38.8 Å². The van der Waals surface area contributed by atoms with Crippen LogP contribution in [-0.4, -0.2) is 32.8 Å². The number of furan rings is 1. The maximum Gasteiger partial charge on any atom is 0 e. The summed E-state index contributed by atoms with van der Waals surface area (Å²) >= 11 is -0.174. The Morgan fingerprint density at radius 1 is 0.758 bits per heavy atom. The second kappa shape index (κ2) is 17.3. The molecule has 0 spiro atoms. The fraction of sp³-hybridized carbons (Fsp3) is 0.241. The molecule has 8 heteroatoms. The van der Waals surface area contributed by atoms with Crippen LogP contribution in [0.25, 0.3) is 81.6 Å². The standard InChI is InChI=1S/C35H26N3OS.C19H26GeN.Ir/c1-19(2)22-14-15-23-27-17-20(3)31(21(4)32(27)39-30(23)18-22)38-29-13-6-5-12-28(29)37-34(38)26-10-7-9-24-25-11-8-16-36-35(25)40-33(24)26;1-14(2)11-16-12-19(17-10-8-7-9-15(17)3)21-13-18(16)20(4,5)6;/h5-9,11-19H,1-4H3;7-9,12-14H,11H2,1-6H3;/q2*-1;. The molecule has 0 unspecified atom stereocenters. The van der Waals surface area contributed by atoms with E-state index in [4.69, 9.17) is 14.4 Å². The molecule has 0 aliphatic carbocycles. The number of para-hydroxylation sites is 2. The van der Waals surface area contributed by atoms with E-state index in [2.05, 4.69) is 160 Å². The number of imidazole rings is 1. The molecule has 0 bridgehead atoms. The van der Waals surface area contributed by atoms with Crippen LogP contribution in [-0.2, 0) is 26.5 Å². The molecule has 0 saturated heterocycles. The molecule has 10 rings (SSSR count). The van der Waals surface area contributed by atoms with Gasteiger partial charge in [0.25, 0.3) is 0 Å². The number of thiophene rings is 1. The molecule has 0 amide bonds. The van der Waals surface area contributed by atoms with E-state index >= 15 is 0 Å². The molecular weight excluding hydrogens is 1020 g/mol. The van der Waals surface area contributed by atoms with Gasteiger partial charge < -0.3 is 8.98 Å². The van der Waals surface area contributed by atoms with Crippen molar-refractivity contribution < 1.29 is 24.5 Å². The van der Waals surface area contributed by atoms with Crippen molar-refractivity contribution in [2.45, 2.75) is 78.1 Å². The molecule has 10 aromatic rings. The Labute approximate surface area is 385 Å². The third kappa shape index (κ3) is 7.98. The number of benzene rings is 5. The molecule has 0 aliphatic rings. The van der Waals surface area contributed by atoms with Gasteiger partial charge in [0.1, 0.15) is 16.0 Å². The van der Waals surface area contributed by atoms with Crippen LogP contribution < -0.4 is 4.40 Å². The summed E-state index contributed by atoms with van der Waals surface area (Å²) in [5.41, 5.74) is 14.5. The summed E-state index contributed by atoms with van der Waals surface area (Å²) in [5.74, 6) is 9.33. The third-order valence-corrected chi connectivity index (χ3v) is 17.3. The van der Waals surface area contributed by atoms with Gasteiger partial charge in [-0.1, -0.05) is 55.1 Å². The van der Waals surface area contributed by atoms with Gasteiger partial charge >= 0.3 is 132 Å². The normalized spacial score (nSPS) is 11.9. The summed E-state index contributed by atoms with van der Waals surface area (Å²) in [6, 6.07) is 40.9. The monoisotopic (exact) mass is 1070 g/mol. The zero-order valence-electron chi connectivity index (χ0n) is 37.2. The van der Waals surface area contributed by atoms with E-state index in [1.807, 2.05) is 36.5 Å². The molecular formula is C54H52GeIrN4OS-2. The molecule has 5 nitrogen and oxygen atoms in total. The number of rotatable bonds is 7. The van der Waals surface area contributed by atoms with Crippen molar-refractivity contribution in [1.82, 2.24) is 19.5 Å². The van der Waals surface area contributed by atoms with E-state index in [1.165, 1.54) is 27.6 Å². The van der Waals surface area contributed by atoms with Crippen molar-refractivity contribution >= 4 is 82.3 Å². The number of aryl methyl sites for hydroxylation is 3. The van der Waals surface area contributed by atoms with E-state index in [0.717, 1.165) is 88.2 Å². The van der Waals surface area contributed by atoms with Gasteiger partial charge in [-0.15, -0.1) is 18.2 Å². The summed E-state index contributed by atoms with van der Waals surface area (Å²) in [4.78, 5) is 15.6. The minimum atomic E-state index is -1.87. The first-order chi connectivity index (χ1) is 29.3. The Kier molecular flexibility index (Phi) is 12.2. The Balaban J connectivity index is 0.000000205. The van der Waals surface area contributed by atoms with Crippen LogP contribution in [0.3, 0.4) is 0 Å². The maximum atomic E-state index is 6.59. The van der Waals surface area contributed by atoms with E-state index in [1.54, 1.807) is 15.7 Å². The number of hydrogen-bond acceptors (Lipinski definition) is 5. The zero-order valence-corrected chi connectivity index (χ0v) is 42.5. The van der Waals surface area contributed by atoms with Gasteiger partial charge in [-0.25, -0.2) is 4.98 Å². The quantitative estimate of drug-likeness (QED) is 0.118. The number of nitrogens with zero attached hydrogens (tertiary/aromatic N) is 4. The minimum Gasteiger partial charge on any atom is 0 e.